The van der Waals surface area contributed by atoms with Gasteiger partial charge in [0.2, 0.25) is 11.8 Å². The number of alkyl carbamates (subject to hydrolysis) is 1. The molecule has 0 aliphatic carbocycles. The van der Waals surface area contributed by atoms with Crippen LogP contribution in [0.1, 0.15) is 79.0 Å². The second-order valence-electron chi connectivity index (χ2n) is 11.9. The molecule has 3 N–H and O–H groups in total. The van der Waals surface area contributed by atoms with E-state index in [1.165, 1.54) is 11.0 Å². The maximum Gasteiger partial charge on any atom is 0.408 e. The highest BCUT2D eigenvalue weighted by molar-refractivity contribution is 5.93. The normalized spacial score (nSPS) is 13.4. The smallest absolute Gasteiger partial charge is 0.408 e. The zero-order valence-corrected chi connectivity index (χ0v) is 23.9. The number of nitrogens with one attached hydrogen (secondary N) is 2. The third-order valence-corrected chi connectivity index (χ3v) is 5.70. The first-order valence-electron chi connectivity index (χ1n) is 13.0. The highest BCUT2D eigenvalue weighted by atomic mass is 16.6. The Kier molecular flexibility index (Phi) is 10.3. The van der Waals surface area contributed by atoms with Crippen molar-refractivity contribution in [2.24, 2.45) is 5.92 Å². The topological polar surface area (TPSA) is 108 Å². The minimum atomic E-state index is -1.15. The number of carbonyl (C=O) groups excluding carboxylic acids is 3. The van der Waals surface area contributed by atoms with Crippen molar-refractivity contribution in [3.8, 4) is 5.75 Å². The molecule has 0 saturated heterocycles. The van der Waals surface area contributed by atoms with Crippen molar-refractivity contribution in [3.63, 3.8) is 0 Å². The molecule has 0 fully saturated rings. The molecule has 2 unspecified atom stereocenters. The Balaban J connectivity index is 2.52. The second kappa shape index (κ2) is 12.8. The Bertz CT molecular complexity index is 1090. The van der Waals surface area contributed by atoms with Crippen LogP contribution in [0.4, 0.5) is 4.79 Å². The van der Waals surface area contributed by atoms with Gasteiger partial charge in [0, 0.05) is 17.6 Å². The van der Waals surface area contributed by atoms with E-state index in [9.17, 15) is 19.5 Å². The minimum Gasteiger partial charge on any atom is -0.508 e. The van der Waals surface area contributed by atoms with Gasteiger partial charge in [0.05, 0.1) is 0 Å². The van der Waals surface area contributed by atoms with Crippen molar-refractivity contribution in [2.45, 2.75) is 91.6 Å². The number of hydrogen-bond donors (Lipinski definition) is 3. The lowest BCUT2D eigenvalue weighted by atomic mass is 9.93. The summed E-state index contributed by atoms with van der Waals surface area (Å²) >= 11 is 0. The first-order valence-corrected chi connectivity index (χ1v) is 13.0. The molecule has 0 bridgehead atoms. The zero-order chi connectivity index (χ0) is 28.7. The third-order valence-electron chi connectivity index (χ3n) is 5.70. The van der Waals surface area contributed by atoms with Crippen molar-refractivity contribution < 1.29 is 24.2 Å². The molecular formula is C30H43N3O5. The van der Waals surface area contributed by atoms with Crippen LogP contribution in [0.2, 0.25) is 0 Å². The van der Waals surface area contributed by atoms with Gasteiger partial charge in [-0.3, -0.25) is 9.59 Å². The molecule has 38 heavy (non-hydrogen) atoms. The summed E-state index contributed by atoms with van der Waals surface area (Å²) in [7, 11) is 0. The third kappa shape index (κ3) is 9.08. The number of para-hydroxylation sites is 1. The summed E-state index contributed by atoms with van der Waals surface area (Å²) < 4.78 is 5.42. The minimum absolute atomic E-state index is 0.0659. The number of amides is 3. The predicted octanol–water partition coefficient (Wildman–Crippen LogP) is 5.32. The fourth-order valence-corrected chi connectivity index (χ4v) is 4.15. The van der Waals surface area contributed by atoms with E-state index in [0.29, 0.717) is 12.0 Å². The molecule has 0 aliphatic heterocycles. The highest BCUT2D eigenvalue weighted by Gasteiger charge is 2.42. The Hall–Kier alpha value is -3.55. The molecule has 8 nitrogen and oxygen atoms in total. The van der Waals surface area contributed by atoms with E-state index in [4.69, 9.17) is 4.74 Å². The number of benzene rings is 2. The first-order chi connectivity index (χ1) is 17.6. The molecule has 2 aromatic rings. The summed E-state index contributed by atoms with van der Waals surface area (Å²) in [6.07, 6.45) is -0.373. The fraction of sp³-hybridized carbons (Fsp3) is 0.500. The molecule has 0 aliphatic rings. The summed E-state index contributed by atoms with van der Waals surface area (Å²) in [5.74, 6) is -0.925. The van der Waals surface area contributed by atoms with E-state index in [-0.39, 0.29) is 18.2 Å². The van der Waals surface area contributed by atoms with E-state index >= 15 is 0 Å². The molecule has 8 heteroatoms. The fourth-order valence-electron chi connectivity index (χ4n) is 4.15. The van der Waals surface area contributed by atoms with Crippen molar-refractivity contribution in [1.29, 1.82) is 0 Å². The number of ether oxygens (including phenoxy) is 1. The largest absolute Gasteiger partial charge is 0.508 e. The number of hydrogen-bond acceptors (Lipinski definition) is 5. The lowest BCUT2D eigenvalue weighted by molar-refractivity contribution is -0.148. The van der Waals surface area contributed by atoms with Gasteiger partial charge in [-0.1, -0.05) is 62.4 Å². The maximum absolute atomic E-state index is 14.2. The molecule has 3 amide bonds. The van der Waals surface area contributed by atoms with E-state index < -0.39 is 41.1 Å². The summed E-state index contributed by atoms with van der Waals surface area (Å²) in [4.78, 5) is 42.2. The SMILES string of the molecule is CC(C)CC(NC(=O)OC(C)(C)C)C(=O)N(C(C(=O)NCc1ccccc1)c1ccccc1O)C(C)(C)C. The average molecular weight is 526 g/mol. The lowest BCUT2D eigenvalue weighted by Gasteiger charge is -2.43. The van der Waals surface area contributed by atoms with Crippen LogP contribution in [-0.4, -0.2) is 45.1 Å². The molecule has 0 spiro atoms. The van der Waals surface area contributed by atoms with Gasteiger partial charge >= 0.3 is 6.09 Å². The first kappa shape index (κ1) is 30.7. The number of carbonyl (C=O) groups is 3. The van der Waals surface area contributed by atoms with E-state index in [2.05, 4.69) is 10.6 Å². The van der Waals surface area contributed by atoms with Crippen LogP contribution >= 0.6 is 0 Å². The van der Waals surface area contributed by atoms with E-state index in [1.807, 2.05) is 65.0 Å². The number of phenols is 1. The summed E-state index contributed by atoms with van der Waals surface area (Å²) in [6.45, 7) is 14.9. The Labute approximate surface area is 226 Å². The maximum atomic E-state index is 14.2. The van der Waals surface area contributed by atoms with Gasteiger partial charge in [-0.05, 0) is 65.5 Å². The van der Waals surface area contributed by atoms with Gasteiger partial charge in [-0.15, -0.1) is 0 Å². The Morgan fingerprint density at radius 3 is 2.03 bits per heavy atom. The zero-order valence-electron chi connectivity index (χ0n) is 23.9. The molecule has 0 radical (unpaired) electrons. The molecule has 0 aromatic heterocycles. The van der Waals surface area contributed by atoms with Crippen LogP contribution in [-0.2, 0) is 20.9 Å². The van der Waals surface area contributed by atoms with Crippen LogP contribution < -0.4 is 10.6 Å². The van der Waals surface area contributed by atoms with Crippen LogP contribution in [0.15, 0.2) is 54.6 Å². The van der Waals surface area contributed by atoms with Crippen LogP contribution in [0.5, 0.6) is 5.75 Å². The Morgan fingerprint density at radius 2 is 1.50 bits per heavy atom. The molecule has 0 heterocycles. The van der Waals surface area contributed by atoms with E-state index in [1.54, 1.807) is 39.0 Å². The second-order valence-corrected chi connectivity index (χ2v) is 11.9. The quantitative estimate of drug-likeness (QED) is 0.411. The van der Waals surface area contributed by atoms with Crippen molar-refractivity contribution in [3.05, 3.63) is 65.7 Å². The van der Waals surface area contributed by atoms with Crippen LogP contribution in [0, 0.1) is 5.92 Å². The standard InChI is InChI=1S/C30H43N3O5/c1-20(2)18-23(32-28(37)38-30(6,7)8)27(36)33(29(3,4)5)25(22-16-12-13-17-24(22)34)26(35)31-19-21-14-10-9-11-15-21/h9-17,20,23,25,34H,18-19H2,1-8H3,(H,31,35)(H,32,37). The number of aromatic hydroxyl groups is 1. The molecule has 208 valence electrons. The summed E-state index contributed by atoms with van der Waals surface area (Å²) in [5, 5.41) is 16.4. The van der Waals surface area contributed by atoms with Crippen LogP contribution in [0.25, 0.3) is 0 Å². The Morgan fingerprint density at radius 1 is 0.921 bits per heavy atom. The van der Waals surface area contributed by atoms with Crippen LogP contribution in [0.3, 0.4) is 0 Å². The molecule has 2 aromatic carbocycles. The monoisotopic (exact) mass is 525 g/mol. The van der Waals surface area contributed by atoms with Crippen molar-refractivity contribution >= 4 is 17.9 Å². The number of rotatable bonds is 9. The van der Waals surface area contributed by atoms with Gasteiger partial charge in [0.15, 0.2) is 0 Å². The molecule has 2 rings (SSSR count). The van der Waals surface area contributed by atoms with Gasteiger partial charge in [0.25, 0.3) is 0 Å². The molecule has 0 saturated carbocycles. The lowest BCUT2D eigenvalue weighted by Crippen LogP contribution is -2.58. The van der Waals surface area contributed by atoms with Crippen molar-refractivity contribution in [1.82, 2.24) is 15.5 Å². The summed E-state index contributed by atoms with van der Waals surface area (Å²) in [5.41, 5.74) is -0.398. The summed E-state index contributed by atoms with van der Waals surface area (Å²) in [6, 6.07) is 13.8. The van der Waals surface area contributed by atoms with Gasteiger partial charge in [-0.2, -0.15) is 0 Å². The highest BCUT2D eigenvalue weighted by Crippen LogP contribution is 2.35. The van der Waals surface area contributed by atoms with E-state index in [0.717, 1.165) is 5.56 Å². The van der Waals surface area contributed by atoms with Crippen molar-refractivity contribution in [2.75, 3.05) is 0 Å². The number of phenolic OH excluding ortho intramolecular Hbond substituents is 1. The molecule has 2 atom stereocenters. The number of nitrogens with zero attached hydrogens (tertiary/aromatic N) is 1. The predicted molar refractivity (Wildman–Crippen MR) is 148 cm³/mol. The van der Waals surface area contributed by atoms with Gasteiger partial charge in [-0.25, -0.2) is 4.79 Å². The van der Waals surface area contributed by atoms with Gasteiger partial charge < -0.3 is 25.4 Å². The molecular weight excluding hydrogens is 482 g/mol. The average Bonchev–Trinajstić information content (AvgIpc) is 2.79. The van der Waals surface area contributed by atoms with Gasteiger partial charge in [0.1, 0.15) is 23.4 Å².